The van der Waals surface area contributed by atoms with Crippen molar-refractivity contribution in [2.24, 2.45) is 5.92 Å². The number of piperidine rings is 1. The average Bonchev–Trinajstić information content (AvgIpc) is 3.16. The van der Waals surface area contributed by atoms with Gasteiger partial charge in [-0.15, -0.1) is 0 Å². The summed E-state index contributed by atoms with van der Waals surface area (Å²) in [5.74, 6) is 1.01. The third-order valence-electron chi connectivity index (χ3n) is 4.70. The molecule has 3 nitrogen and oxygen atoms in total. The number of hydrogen-bond donors (Lipinski definition) is 0. The van der Waals surface area contributed by atoms with E-state index in [0.29, 0.717) is 6.04 Å². The second-order valence-electron chi connectivity index (χ2n) is 6.36. The fourth-order valence-electron chi connectivity index (χ4n) is 3.27. The Kier molecular flexibility index (Phi) is 3.15. The molecule has 2 heterocycles. The largest absolute Gasteiger partial charge is 0.345 e. The van der Waals surface area contributed by atoms with E-state index in [9.17, 15) is 4.79 Å². The third kappa shape index (κ3) is 2.31. The predicted octanol–water partition coefficient (Wildman–Crippen LogP) is 3.31. The average molecular weight is 260 g/mol. The first kappa shape index (κ1) is 12.8. The van der Waals surface area contributed by atoms with E-state index in [0.717, 1.165) is 37.4 Å². The Hall–Kier alpha value is -1.25. The molecule has 104 valence electrons. The standard InChI is InChI=1S/C16H24N2O/c1-11-6-8-17(9-7-11)16(19)15-10-12(2)18(13(15)3)14-4-5-14/h10-11,14H,4-9H2,1-3H3. The van der Waals surface area contributed by atoms with E-state index < -0.39 is 0 Å². The van der Waals surface area contributed by atoms with E-state index in [4.69, 9.17) is 0 Å². The lowest BCUT2D eigenvalue weighted by Crippen LogP contribution is -2.38. The zero-order valence-electron chi connectivity index (χ0n) is 12.3. The smallest absolute Gasteiger partial charge is 0.255 e. The van der Waals surface area contributed by atoms with E-state index in [1.54, 1.807) is 0 Å². The van der Waals surface area contributed by atoms with Crippen LogP contribution in [0.4, 0.5) is 0 Å². The molecule has 1 aromatic rings. The first-order valence-corrected chi connectivity index (χ1v) is 7.55. The molecular formula is C16H24N2O. The van der Waals surface area contributed by atoms with Gasteiger partial charge in [0.25, 0.3) is 5.91 Å². The second kappa shape index (κ2) is 4.69. The van der Waals surface area contributed by atoms with Crippen LogP contribution in [-0.4, -0.2) is 28.5 Å². The summed E-state index contributed by atoms with van der Waals surface area (Å²) in [5.41, 5.74) is 3.34. The van der Waals surface area contributed by atoms with Crippen molar-refractivity contribution in [1.82, 2.24) is 9.47 Å². The maximum Gasteiger partial charge on any atom is 0.255 e. The number of aryl methyl sites for hydroxylation is 1. The van der Waals surface area contributed by atoms with Crippen LogP contribution in [-0.2, 0) is 0 Å². The molecule has 2 aliphatic rings. The van der Waals surface area contributed by atoms with Crippen LogP contribution in [0.25, 0.3) is 0 Å². The van der Waals surface area contributed by atoms with Gasteiger partial charge in [0.15, 0.2) is 0 Å². The van der Waals surface area contributed by atoms with E-state index in [1.807, 2.05) is 4.90 Å². The van der Waals surface area contributed by atoms with Gasteiger partial charge in [0.05, 0.1) is 5.56 Å². The van der Waals surface area contributed by atoms with Crippen LogP contribution in [0.15, 0.2) is 6.07 Å². The molecule has 19 heavy (non-hydrogen) atoms. The Morgan fingerprint density at radius 3 is 2.37 bits per heavy atom. The molecule has 0 unspecified atom stereocenters. The number of aromatic nitrogens is 1. The van der Waals surface area contributed by atoms with Gasteiger partial charge in [-0.05, 0) is 51.5 Å². The number of hydrogen-bond acceptors (Lipinski definition) is 1. The lowest BCUT2D eigenvalue weighted by atomic mass is 9.98. The SMILES string of the molecule is Cc1cc(C(=O)N2CCC(C)CC2)c(C)n1C1CC1. The summed E-state index contributed by atoms with van der Waals surface area (Å²) in [6.07, 6.45) is 4.83. The second-order valence-corrected chi connectivity index (χ2v) is 6.36. The molecule has 1 amide bonds. The lowest BCUT2D eigenvalue weighted by Gasteiger charge is -2.30. The number of rotatable bonds is 2. The summed E-state index contributed by atoms with van der Waals surface area (Å²) < 4.78 is 2.36. The van der Waals surface area contributed by atoms with Crippen molar-refractivity contribution in [3.63, 3.8) is 0 Å². The van der Waals surface area contributed by atoms with Gasteiger partial charge in [-0.25, -0.2) is 0 Å². The van der Waals surface area contributed by atoms with Crippen LogP contribution in [0.2, 0.25) is 0 Å². The Labute approximate surface area is 115 Å². The first-order valence-electron chi connectivity index (χ1n) is 7.55. The van der Waals surface area contributed by atoms with Gasteiger partial charge in [-0.2, -0.15) is 0 Å². The zero-order chi connectivity index (χ0) is 13.6. The highest BCUT2D eigenvalue weighted by Crippen LogP contribution is 2.38. The summed E-state index contributed by atoms with van der Waals surface area (Å²) in [6.45, 7) is 8.35. The van der Waals surface area contributed by atoms with Gasteiger partial charge >= 0.3 is 0 Å². The molecule has 3 rings (SSSR count). The van der Waals surface area contributed by atoms with Crippen molar-refractivity contribution in [2.45, 2.75) is 52.5 Å². The third-order valence-corrected chi connectivity index (χ3v) is 4.70. The minimum Gasteiger partial charge on any atom is -0.345 e. The summed E-state index contributed by atoms with van der Waals surface area (Å²) in [7, 11) is 0. The van der Waals surface area contributed by atoms with E-state index in [-0.39, 0.29) is 5.91 Å². The van der Waals surface area contributed by atoms with Crippen molar-refractivity contribution < 1.29 is 4.79 Å². The molecule has 3 heteroatoms. The summed E-state index contributed by atoms with van der Waals surface area (Å²) in [4.78, 5) is 14.7. The van der Waals surface area contributed by atoms with Gasteiger partial charge in [-0.3, -0.25) is 4.79 Å². The normalized spacial score (nSPS) is 20.9. The van der Waals surface area contributed by atoms with Gasteiger partial charge in [0, 0.05) is 30.5 Å². The lowest BCUT2D eigenvalue weighted by molar-refractivity contribution is 0.0696. The molecule has 1 aliphatic heterocycles. The predicted molar refractivity (Wildman–Crippen MR) is 76.5 cm³/mol. The Bertz CT molecular complexity index is 491. The van der Waals surface area contributed by atoms with E-state index in [2.05, 4.69) is 31.4 Å². The molecule has 1 saturated heterocycles. The Balaban J connectivity index is 1.82. The molecular weight excluding hydrogens is 236 g/mol. The zero-order valence-corrected chi connectivity index (χ0v) is 12.3. The Morgan fingerprint density at radius 1 is 1.16 bits per heavy atom. The molecule has 0 atom stereocenters. The van der Waals surface area contributed by atoms with Crippen LogP contribution < -0.4 is 0 Å². The number of nitrogens with zero attached hydrogens (tertiary/aromatic N) is 2. The first-order chi connectivity index (χ1) is 9.08. The topological polar surface area (TPSA) is 25.2 Å². The molecule has 1 saturated carbocycles. The van der Waals surface area contributed by atoms with Crippen molar-refractivity contribution in [1.29, 1.82) is 0 Å². The molecule has 2 fully saturated rings. The van der Waals surface area contributed by atoms with Crippen LogP contribution in [0.3, 0.4) is 0 Å². The monoisotopic (exact) mass is 260 g/mol. The van der Waals surface area contributed by atoms with Crippen molar-refractivity contribution >= 4 is 5.91 Å². The van der Waals surface area contributed by atoms with E-state index >= 15 is 0 Å². The summed E-state index contributed by atoms with van der Waals surface area (Å²) >= 11 is 0. The van der Waals surface area contributed by atoms with Crippen molar-refractivity contribution in [2.75, 3.05) is 13.1 Å². The molecule has 0 N–H and O–H groups in total. The molecule has 0 radical (unpaired) electrons. The maximum atomic E-state index is 12.6. The summed E-state index contributed by atoms with van der Waals surface area (Å²) in [5, 5.41) is 0. The number of likely N-dealkylation sites (tertiary alicyclic amines) is 1. The minimum atomic E-state index is 0.243. The fourth-order valence-corrected chi connectivity index (χ4v) is 3.27. The fraction of sp³-hybridized carbons (Fsp3) is 0.688. The van der Waals surface area contributed by atoms with Gasteiger partial charge in [0.1, 0.15) is 0 Å². The van der Waals surface area contributed by atoms with Crippen molar-refractivity contribution in [3.05, 3.63) is 23.0 Å². The highest BCUT2D eigenvalue weighted by atomic mass is 16.2. The molecule has 1 aliphatic carbocycles. The van der Waals surface area contributed by atoms with Gasteiger partial charge in [0.2, 0.25) is 0 Å². The molecule has 0 spiro atoms. The minimum absolute atomic E-state index is 0.243. The van der Waals surface area contributed by atoms with E-state index in [1.165, 1.54) is 24.2 Å². The highest BCUT2D eigenvalue weighted by Gasteiger charge is 2.30. The van der Waals surface area contributed by atoms with Gasteiger partial charge in [-0.1, -0.05) is 6.92 Å². The highest BCUT2D eigenvalue weighted by molar-refractivity contribution is 5.95. The quantitative estimate of drug-likeness (QED) is 0.801. The maximum absolute atomic E-state index is 12.6. The summed E-state index contributed by atoms with van der Waals surface area (Å²) in [6, 6.07) is 2.75. The Morgan fingerprint density at radius 2 is 1.79 bits per heavy atom. The number of amides is 1. The van der Waals surface area contributed by atoms with Crippen LogP contribution in [0, 0.1) is 19.8 Å². The number of carbonyl (C=O) groups excluding carboxylic acids is 1. The number of carbonyl (C=O) groups is 1. The molecule has 0 bridgehead atoms. The van der Waals surface area contributed by atoms with Gasteiger partial charge < -0.3 is 9.47 Å². The molecule has 1 aromatic heterocycles. The van der Waals surface area contributed by atoms with Crippen LogP contribution >= 0.6 is 0 Å². The van der Waals surface area contributed by atoms with Crippen LogP contribution in [0.1, 0.15) is 60.4 Å². The van der Waals surface area contributed by atoms with Crippen LogP contribution in [0.5, 0.6) is 0 Å². The molecule has 0 aromatic carbocycles. The van der Waals surface area contributed by atoms with Crippen molar-refractivity contribution in [3.8, 4) is 0 Å².